The Morgan fingerprint density at radius 3 is 2.54 bits per heavy atom. The van der Waals surface area contributed by atoms with Crippen LogP contribution in [0.25, 0.3) is 10.9 Å². The summed E-state index contributed by atoms with van der Waals surface area (Å²) in [5.41, 5.74) is 3.69. The van der Waals surface area contributed by atoms with Gasteiger partial charge in [0.1, 0.15) is 18.4 Å². The third-order valence-corrected chi connectivity index (χ3v) is 4.67. The Hall–Kier alpha value is -2.46. The zero-order chi connectivity index (χ0) is 17.3. The molecular weight excluding hydrogens is 303 g/mol. The molecule has 4 heteroatoms. The summed E-state index contributed by atoms with van der Waals surface area (Å²) in [7, 11) is 2.00. The molecule has 1 heterocycles. The van der Waals surface area contributed by atoms with E-state index in [0.29, 0.717) is 6.54 Å². The third-order valence-electron chi connectivity index (χ3n) is 4.67. The number of aromatic amines is 1. The Morgan fingerprint density at radius 1 is 1.17 bits per heavy atom. The van der Waals surface area contributed by atoms with Gasteiger partial charge in [0.15, 0.2) is 0 Å². The number of rotatable bonds is 5. The summed E-state index contributed by atoms with van der Waals surface area (Å²) >= 11 is 0. The van der Waals surface area contributed by atoms with Crippen LogP contribution in [0.15, 0.2) is 48.5 Å². The molecule has 2 N–H and O–H groups in total. The number of fused-ring (bicyclic) bond motifs is 1. The standard InChI is InChI=1S/C20H21FN2O/c1-13-19(17-6-4-5-7-18(17)22-13)20(24)14(2)23(3)12-15-8-10-16(21)11-9-15/h4-11,14,22H,12H2,1-3H3/p+1/t14-/m0/s1. The number of aryl methyl sites for hydroxylation is 1. The van der Waals surface area contributed by atoms with Crippen LogP contribution in [0.3, 0.4) is 0 Å². The van der Waals surface area contributed by atoms with E-state index >= 15 is 0 Å². The number of para-hydroxylation sites is 1. The minimum atomic E-state index is -0.241. The zero-order valence-electron chi connectivity index (χ0n) is 14.2. The van der Waals surface area contributed by atoms with Gasteiger partial charge in [-0.15, -0.1) is 0 Å². The molecule has 0 amide bonds. The molecule has 2 atom stereocenters. The lowest BCUT2D eigenvalue weighted by atomic mass is 10.0. The number of nitrogens with one attached hydrogen (secondary N) is 2. The van der Waals surface area contributed by atoms with Crippen LogP contribution in [0.2, 0.25) is 0 Å². The van der Waals surface area contributed by atoms with Crippen LogP contribution in [0, 0.1) is 12.7 Å². The lowest BCUT2D eigenvalue weighted by Crippen LogP contribution is -3.12. The van der Waals surface area contributed by atoms with E-state index in [-0.39, 0.29) is 17.6 Å². The lowest BCUT2D eigenvalue weighted by Gasteiger charge is -2.21. The second-order valence-electron chi connectivity index (χ2n) is 6.41. The minimum Gasteiger partial charge on any atom is -0.358 e. The van der Waals surface area contributed by atoms with Crippen molar-refractivity contribution < 1.29 is 14.1 Å². The van der Waals surface area contributed by atoms with E-state index in [9.17, 15) is 9.18 Å². The fourth-order valence-corrected chi connectivity index (χ4v) is 3.11. The van der Waals surface area contributed by atoms with E-state index in [0.717, 1.165) is 32.6 Å². The largest absolute Gasteiger partial charge is 0.358 e. The minimum absolute atomic E-state index is 0.129. The van der Waals surface area contributed by atoms with Gasteiger partial charge < -0.3 is 9.88 Å². The van der Waals surface area contributed by atoms with Gasteiger partial charge in [-0.25, -0.2) is 4.39 Å². The van der Waals surface area contributed by atoms with Crippen LogP contribution >= 0.6 is 0 Å². The number of benzene rings is 2. The number of carbonyl (C=O) groups excluding carboxylic acids is 1. The predicted octanol–water partition coefficient (Wildman–Crippen LogP) is 2.90. The van der Waals surface area contributed by atoms with Crippen molar-refractivity contribution in [2.45, 2.75) is 26.4 Å². The number of Topliss-reactive ketones (excluding diaryl/α,β-unsaturated/α-hetero) is 1. The number of quaternary nitrogens is 1. The first-order chi connectivity index (χ1) is 11.5. The number of ketones is 1. The van der Waals surface area contributed by atoms with Crippen molar-refractivity contribution in [2.24, 2.45) is 0 Å². The summed E-state index contributed by atoms with van der Waals surface area (Å²) in [6.45, 7) is 4.56. The molecule has 0 aliphatic rings. The van der Waals surface area contributed by atoms with Crippen molar-refractivity contribution in [3.05, 3.63) is 71.2 Å². The van der Waals surface area contributed by atoms with Crippen molar-refractivity contribution >= 4 is 16.7 Å². The number of aromatic nitrogens is 1. The van der Waals surface area contributed by atoms with E-state index in [2.05, 4.69) is 4.98 Å². The number of carbonyl (C=O) groups is 1. The van der Waals surface area contributed by atoms with Gasteiger partial charge in [-0.1, -0.05) is 30.3 Å². The fourth-order valence-electron chi connectivity index (χ4n) is 3.11. The van der Waals surface area contributed by atoms with Crippen LogP contribution < -0.4 is 4.90 Å². The number of H-pyrrole nitrogens is 1. The molecule has 3 rings (SSSR count). The first kappa shape index (κ1) is 16.4. The van der Waals surface area contributed by atoms with Crippen molar-refractivity contribution in [3.63, 3.8) is 0 Å². The summed E-state index contributed by atoms with van der Waals surface area (Å²) in [4.78, 5) is 17.4. The number of likely N-dealkylation sites (N-methyl/N-ethyl adjacent to an activating group) is 1. The SMILES string of the molecule is Cc1[nH]c2ccccc2c1C(=O)[C@H](C)[NH+](C)Cc1ccc(F)cc1. The van der Waals surface area contributed by atoms with Gasteiger partial charge in [-0.05, 0) is 32.0 Å². The second kappa shape index (κ2) is 6.57. The molecule has 0 saturated heterocycles. The van der Waals surface area contributed by atoms with Crippen molar-refractivity contribution in [1.29, 1.82) is 0 Å². The van der Waals surface area contributed by atoms with Gasteiger partial charge in [0.25, 0.3) is 0 Å². The molecule has 0 bridgehead atoms. The molecule has 2 aromatic carbocycles. The molecule has 0 spiro atoms. The maximum absolute atomic E-state index is 13.0. The summed E-state index contributed by atoms with van der Waals surface area (Å²) in [6.07, 6.45) is 0. The Balaban J connectivity index is 1.83. The number of hydrogen-bond donors (Lipinski definition) is 2. The normalized spacial score (nSPS) is 13.8. The van der Waals surface area contributed by atoms with Crippen molar-refractivity contribution in [1.82, 2.24) is 4.98 Å². The van der Waals surface area contributed by atoms with Gasteiger partial charge in [-0.3, -0.25) is 4.79 Å². The van der Waals surface area contributed by atoms with Crippen molar-refractivity contribution in [3.8, 4) is 0 Å². The van der Waals surface area contributed by atoms with Crippen LogP contribution in [0.1, 0.15) is 28.5 Å². The number of hydrogen-bond acceptors (Lipinski definition) is 1. The topological polar surface area (TPSA) is 37.3 Å². The molecule has 0 saturated carbocycles. The summed E-state index contributed by atoms with van der Waals surface area (Å²) < 4.78 is 13.0. The Kier molecular flexibility index (Phi) is 4.49. The van der Waals surface area contributed by atoms with Gasteiger partial charge in [0, 0.05) is 22.2 Å². The average molecular weight is 325 g/mol. The van der Waals surface area contributed by atoms with Crippen molar-refractivity contribution in [2.75, 3.05) is 7.05 Å². The molecule has 0 aliphatic carbocycles. The van der Waals surface area contributed by atoms with Crippen LogP contribution in [0.4, 0.5) is 4.39 Å². The van der Waals surface area contributed by atoms with E-state index in [1.807, 2.05) is 45.2 Å². The highest BCUT2D eigenvalue weighted by molar-refractivity contribution is 6.10. The molecule has 0 aliphatic heterocycles. The van der Waals surface area contributed by atoms with Crippen LogP contribution in [-0.4, -0.2) is 23.9 Å². The molecule has 3 nitrogen and oxygen atoms in total. The van der Waals surface area contributed by atoms with E-state index in [1.54, 1.807) is 12.1 Å². The second-order valence-corrected chi connectivity index (χ2v) is 6.41. The molecule has 0 fully saturated rings. The lowest BCUT2D eigenvalue weighted by molar-refractivity contribution is -0.907. The van der Waals surface area contributed by atoms with Gasteiger partial charge >= 0.3 is 0 Å². The molecular formula is C20H22FN2O+. The van der Waals surface area contributed by atoms with Gasteiger partial charge in [0.05, 0.1) is 12.6 Å². The van der Waals surface area contributed by atoms with Crippen LogP contribution in [-0.2, 0) is 6.54 Å². The molecule has 3 aromatic rings. The Bertz CT molecular complexity index is 867. The molecule has 0 radical (unpaired) electrons. The maximum Gasteiger partial charge on any atom is 0.222 e. The smallest absolute Gasteiger partial charge is 0.222 e. The highest BCUT2D eigenvalue weighted by Crippen LogP contribution is 2.22. The summed E-state index contributed by atoms with van der Waals surface area (Å²) in [6, 6.07) is 14.1. The summed E-state index contributed by atoms with van der Waals surface area (Å²) in [5, 5.41) is 0.974. The van der Waals surface area contributed by atoms with Crippen LogP contribution in [0.5, 0.6) is 0 Å². The fraction of sp³-hybridized carbons (Fsp3) is 0.250. The molecule has 1 unspecified atom stereocenters. The molecule has 1 aromatic heterocycles. The third kappa shape index (κ3) is 3.10. The predicted molar refractivity (Wildman–Crippen MR) is 93.8 cm³/mol. The Labute approximate surface area is 141 Å². The maximum atomic E-state index is 13.0. The number of halogens is 1. The van der Waals surface area contributed by atoms with E-state index < -0.39 is 0 Å². The zero-order valence-corrected chi connectivity index (χ0v) is 14.2. The van der Waals surface area contributed by atoms with E-state index in [1.165, 1.54) is 12.1 Å². The summed E-state index contributed by atoms with van der Waals surface area (Å²) in [5.74, 6) is -0.112. The monoisotopic (exact) mass is 325 g/mol. The van der Waals surface area contributed by atoms with Gasteiger partial charge in [-0.2, -0.15) is 0 Å². The first-order valence-electron chi connectivity index (χ1n) is 8.15. The molecule has 124 valence electrons. The highest BCUT2D eigenvalue weighted by atomic mass is 19.1. The first-order valence-corrected chi connectivity index (χ1v) is 8.15. The van der Waals surface area contributed by atoms with Gasteiger partial charge in [0.2, 0.25) is 5.78 Å². The Morgan fingerprint density at radius 2 is 1.83 bits per heavy atom. The quantitative estimate of drug-likeness (QED) is 0.696. The van der Waals surface area contributed by atoms with E-state index in [4.69, 9.17) is 0 Å². The average Bonchev–Trinajstić information content (AvgIpc) is 2.91. The molecule has 24 heavy (non-hydrogen) atoms. The highest BCUT2D eigenvalue weighted by Gasteiger charge is 2.27.